The molecule has 4 aromatic rings. The first kappa shape index (κ1) is 22.6. The van der Waals surface area contributed by atoms with Crippen molar-refractivity contribution in [1.29, 1.82) is 5.26 Å². The zero-order valence-corrected chi connectivity index (χ0v) is 19.0. The molecule has 0 aliphatic heterocycles. The minimum atomic E-state index is -4.20. The molecule has 0 atom stereocenters. The third-order valence-corrected chi connectivity index (χ3v) is 6.77. The molecule has 0 aliphatic carbocycles. The minimum Gasteiger partial charge on any atom is -0.437 e. The average molecular weight is 498 g/mol. The van der Waals surface area contributed by atoms with E-state index < -0.39 is 20.3 Å². The summed E-state index contributed by atoms with van der Waals surface area (Å²) in [5.41, 5.74) is -0.610. The van der Waals surface area contributed by atoms with Crippen molar-refractivity contribution < 1.29 is 13.2 Å². The van der Waals surface area contributed by atoms with Gasteiger partial charge in [-0.1, -0.05) is 47.5 Å². The molecule has 0 saturated carbocycles. The van der Waals surface area contributed by atoms with E-state index in [-0.39, 0.29) is 32.8 Å². The zero-order valence-electron chi connectivity index (χ0n) is 16.6. The van der Waals surface area contributed by atoms with Gasteiger partial charge < -0.3 is 4.74 Å². The number of fused-ring (bicyclic) bond motifs is 1. The number of pyridine rings is 1. The van der Waals surface area contributed by atoms with Crippen LogP contribution in [0.4, 0.5) is 0 Å². The van der Waals surface area contributed by atoms with E-state index in [1.807, 2.05) is 0 Å². The second-order valence-corrected chi connectivity index (χ2v) is 9.44. The molecule has 0 fully saturated rings. The predicted molar refractivity (Wildman–Crippen MR) is 125 cm³/mol. The number of hydrogen-bond acceptors (Lipinski definition) is 6. The zero-order chi connectivity index (χ0) is 23.6. The van der Waals surface area contributed by atoms with Gasteiger partial charge in [-0.15, -0.1) is 0 Å². The molecule has 10 heteroatoms. The van der Waals surface area contributed by atoms with Gasteiger partial charge in [0.05, 0.1) is 9.92 Å². The van der Waals surface area contributed by atoms with Gasteiger partial charge >= 0.3 is 0 Å². The predicted octanol–water partition coefficient (Wildman–Crippen LogP) is 5.13. The fourth-order valence-corrected chi connectivity index (χ4v) is 4.58. The number of benzene rings is 2. The van der Waals surface area contributed by atoms with E-state index in [0.717, 1.165) is 6.08 Å². The van der Waals surface area contributed by atoms with Gasteiger partial charge in [-0.05, 0) is 48.5 Å². The highest BCUT2D eigenvalue weighted by atomic mass is 35.5. The summed E-state index contributed by atoms with van der Waals surface area (Å²) in [7, 11) is -4.20. The van der Waals surface area contributed by atoms with Crippen LogP contribution in [0.25, 0.3) is 11.7 Å². The number of rotatable bonds is 5. The van der Waals surface area contributed by atoms with Gasteiger partial charge in [-0.2, -0.15) is 10.2 Å². The maximum Gasteiger partial charge on any atom is 0.269 e. The Morgan fingerprint density at radius 2 is 1.79 bits per heavy atom. The Bertz CT molecular complexity index is 1610. The van der Waals surface area contributed by atoms with Crippen molar-refractivity contribution in [2.24, 2.45) is 0 Å². The summed E-state index contributed by atoms with van der Waals surface area (Å²) in [5, 5.41) is 10.2. The van der Waals surface area contributed by atoms with Crippen LogP contribution in [0.3, 0.4) is 0 Å². The van der Waals surface area contributed by atoms with Crippen molar-refractivity contribution in [3.05, 3.63) is 104 Å². The molecular formula is C23H13Cl2N3O4S. The van der Waals surface area contributed by atoms with Gasteiger partial charge in [0.25, 0.3) is 5.56 Å². The van der Waals surface area contributed by atoms with Crippen LogP contribution in [0.1, 0.15) is 5.56 Å². The van der Waals surface area contributed by atoms with Crippen LogP contribution in [0.15, 0.2) is 87.5 Å². The van der Waals surface area contributed by atoms with E-state index >= 15 is 0 Å². The summed E-state index contributed by atoms with van der Waals surface area (Å²) in [5.74, 6) is -0.0706. The second kappa shape index (κ2) is 9.08. The summed E-state index contributed by atoms with van der Waals surface area (Å²) < 4.78 is 33.0. The average Bonchev–Trinajstić information content (AvgIpc) is 2.81. The van der Waals surface area contributed by atoms with Gasteiger partial charge in [0.15, 0.2) is 0 Å². The number of nitriles is 1. The smallest absolute Gasteiger partial charge is 0.269 e. The molecule has 0 unspecified atom stereocenters. The van der Waals surface area contributed by atoms with Crippen molar-refractivity contribution in [3.8, 4) is 17.7 Å². The van der Waals surface area contributed by atoms with Crippen molar-refractivity contribution in [2.45, 2.75) is 4.90 Å². The third kappa shape index (κ3) is 4.47. The highest BCUT2D eigenvalue weighted by molar-refractivity contribution is 7.95. The summed E-state index contributed by atoms with van der Waals surface area (Å²) in [4.78, 5) is 16.8. The maximum absolute atomic E-state index is 13.2. The van der Waals surface area contributed by atoms with E-state index in [9.17, 15) is 18.5 Å². The maximum atomic E-state index is 13.2. The summed E-state index contributed by atoms with van der Waals surface area (Å²) in [6.45, 7) is 0. The van der Waals surface area contributed by atoms with Crippen molar-refractivity contribution in [1.82, 2.24) is 9.38 Å². The molecule has 0 aliphatic rings. The fraction of sp³-hybridized carbons (Fsp3) is 0. The first-order chi connectivity index (χ1) is 15.8. The number of ether oxygens (including phenoxy) is 1. The van der Waals surface area contributed by atoms with Crippen molar-refractivity contribution in [3.63, 3.8) is 0 Å². The molecule has 164 valence electrons. The van der Waals surface area contributed by atoms with Gasteiger partial charge in [0, 0.05) is 11.2 Å². The van der Waals surface area contributed by atoms with E-state index in [2.05, 4.69) is 4.98 Å². The third-order valence-electron chi connectivity index (χ3n) is 4.56. The van der Waals surface area contributed by atoms with Crippen molar-refractivity contribution in [2.75, 3.05) is 0 Å². The molecule has 2 heterocycles. The Morgan fingerprint density at radius 1 is 1.06 bits per heavy atom. The van der Waals surface area contributed by atoms with Gasteiger partial charge in [-0.25, -0.2) is 8.42 Å². The number of nitrogens with zero attached hydrogens (tertiary/aromatic N) is 3. The molecular weight excluding hydrogens is 485 g/mol. The lowest BCUT2D eigenvalue weighted by Gasteiger charge is -2.11. The number of allylic oxidation sites excluding steroid dienone is 1. The van der Waals surface area contributed by atoms with Crippen LogP contribution >= 0.6 is 23.2 Å². The first-order valence-corrected chi connectivity index (χ1v) is 11.6. The molecule has 0 N–H and O–H groups in total. The molecule has 33 heavy (non-hydrogen) atoms. The first-order valence-electron chi connectivity index (χ1n) is 9.37. The monoisotopic (exact) mass is 497 g/mol. The highest BCUT2D eigenvalue weighted by Crippen LogP contribution is 2.33. The molecule has 0 saturated heterocycles. The molecule has 0 radical (unpaired) electrons. The Morgan fingerprint density at radius 3 is 2.48 bits per heavy atom. The summed E-state index contributed by atoms with van der Waals surface area (Å²) in [6.07, 6.45) is 2.43. The Balaban J connectivity index is 1.95. The Hall–Kier alpha value is -3.64. The molecule has 0 bridgehead atoms. The number of aromatic nitrogens is 2. The minimum absolute atomic E-state index is 0.0881. The van der Waals surface area contributed by atoms with Crippen LogP contribution in [0, 0.1) is 11.3 Å². The van der Waals surface area contributed by atoms with E-state index in [1.54, 1.807) is 30.3 Å². The lowest BCUT2D eigenvalue weighted by molar-refractivity contribution is 0.461. The van der Waals surface area contributed by atoms with Crippen LogP contribution in [0.5, 0.6) is 11.6 Å². The van der Waals surface area contributed by atoms with Gasteiger partial charge in [0.2, 0.25) is 15.7 Å². The van der Waals surface area contributed by atoms with Gasteiger partial charge in [-0.3, -0.25) is 9.20 Å². The molecule has 7 nitrogen and oxygen atoms in total. The summed E-state index contributed by atoms with van der Waals surface area (Å²) in [6, 6.07) is 18.4. The van der Waals surface area contributed by atoms with Crippen LogP contribution < -0.4 is 10.3 Å². The Kier molecular flexibility index (Phi) is 6.20. The van der Waals surface area contributed by atoms with E-state index in [0.29, 0.717) is 5.02 Å². The Labute approximate surface area is 198 Å². The number of sulfone groups is 1. The lowest BCUT2D eigenvalue weighted by atomic mass is 10.2. The quantitative estimate of drug-likeness (QED) is 0.354. The van der Waals surface area contributed by atoms with Crippen LogP contribution in [-0.2, 0) is 9.84 Å². The second-order valence-electron chi connectivity index (χ2n) is 6.68. The SMILES string of the molecule is N#C/C(=C\c1c(Oc2ccc(Cl)cc2Cl)nc2ccccn2c1=O)S(=O)(=O)c1ccccc1. The largest absolute Gasteiger partial charge is 0.437 e. The summed E-state index contributed by atoms with van der Waals surface area (Å²) >= 11 is 12.1. The lowest BCUT2D eigenvalue weighted by Crippen LogP contribution is -2.19. The highest BCUT2D eigenvalue weighted by Gasteiger charge is 2.23. The molecule has 2 aromatic heterocycles. The fourth-order valence-electron chi connectivity index (χ4n) is 2.97. The van der Waals surface area contributed by atoms with Crippen molar-refractivity contribution >= 4 is 44.8 Å². The van der Waals surface area contributed by atoms with E-state index in [1.165, 1.54) is 53.1 Å². The molecule has 0 amide bonds. The molecule has 0 spiro atoms. The molecule has 2 aromatic carbocycles. The van der Waals surface area contributed by atoms with E-state index in [4.69, 9.17) is 27.9 Å². The van der Waals surface area contributed by atoms with Crippen LogP contribution in [0.2, 0.25) is 10.0 Å². The number of hydrogen-bond donors (Lipinski definition) is 0. The topological polar surface area (TPSA) is 102 Å². The standard InChI is InChI=1S/C23H13Cl2N3O4S/c24-15-9-10-20(19(25)12-15)32-22-18(23(29)28-11-5-4-8-21(28)27-22)13-17(14-26)33(30,31)16-6-2-1-3-7-16/h1-13H/b17-13+. The van der Waals surface area contributed by atoms with Crippen LogP contribution in [-0.4, -0.2) is 17.8 Å². The molecule has 4 rings (SSSR count). The normalized spacial score (nSPS) is 11.8. The number of halogens is 2. The van der Waals surface area contributed by atoms with Gasteiger partial charge in [0.1, 0.15) is 27.9 Å².